The van der Waals surface area contributed by atoms with Gasteiger partial charge < -0.3 is 15.8 Å². The number of nitrogens with zero attached hydrogens (tertiary/aromatic N) is 1. The first-order valence-corrected chi connectivity index (χ1v) is 12.9. The van der Waals surface area contributed by atoms with Crippen LogP contribution in [0.4, 0.5) is 5.69 Å². The summed E-state index contributed by atoms with van der Waals surface area (Å²) < 4.78 is 5.44. The number of anilines is 1. The number of hydrogen-bond donors (Lipinski definition) is 2. The van der Waals surface area contributed by atoms with Gasteiger partial charge in [-0.15, -0.1) is 10.2 Å². The Morgan fingerprint density at radius 2 is 1.51 bits per heavy atom. The van der Waals surface area contributed by atoms with E-state index in [1.807, 2.05) is 0 Å². The number of pyridine rings is 1. The number of nitrogens with two attached hydrogens (primary N) is 1. The van der Waals surface area contributed by atoms with Gasteiger partial charge in [-0.1, -0.05) is 53.6 Å². The number of rotatable bonds is 9. The molecule has 190 valence electrons. The predicted molar refractivity (Wildman–Crippen MR) is 177 cm³/mol. The first-order valence-electron chi connectivity index (χ1n) is 12.9. The fourth-order valence-electron chi connectivity index (χ4n) is 4.43. The standard InChI is InChI=1S/C28H18B9N3O3/c29-22-19-8-6-18(11-15(19)9-10-39-22)40-25(42)26(31,13-38)16-3-1-14(2-4-16)23(30)43-24(41)20-7-5-17(27(32,33)34)12-21(20)28(35,36)37/h1-12,23H,13,38H2,(H,40,42). The summed E-state index contributed by atoms with van der Waals surface area (Å²) in [6.07, 6.45) is 1.57. The van der Waals surface area contributed by atoms with E-state index in [1.165, 1.54) is 18.2 Å². The molecule has 2 unspecified atom stereocenters. The molecule has 1 amide bonds. The van der Waals surface area contributed by atoms with Crippen LogP contribution in [0.15, 0.2) is 72.9 Å². The molecule has 1 heterocycles. The highest BCUT2D eigenvalue weighted by atomic mass is 16.5. The number of carbonyl (C=O) groups excluding carboxylic acids is 2. The molecule has 4 rings (SSSR count). The van der Waals surface area contributed by atoms with Crippen LogP contribution in [-0.2, 0) is 25.1 Å². The van der Waals surface area contributed by atoms with Crippen LogP contribution in [-0.4, -0.2) is 94.0 Å². The van der Waals surface area contributed by atoms with Crippen LogP contribution in [0.2, 0.25) is 0 Å². The topological polar surface area (TPSA) is 94.3 Å². The van der Waals surface area contributed by atoms with Crippen LogP contribution in [0.1, 0.15) is 38.6 Å². The molecule has 4 aromatic rings. The van der Waals surface area contributed by atoms with Crippen molar-refractivity contribution in [2.45, 2.75) is 21.5 Å². The molecule has 18 radical (unpaired) electrons. The molecule has 0 fully saturated rings. The normalized spacial score (nSPS) is 14.0. The molecule has 0 aliphatic carbocycles. The van der Waals surface area contributed by atoms with Gasteiger partial charge in [0, 0.05) is 23.7 Å². The van der Waals surface area contributed by atoms with Gasteiger partial charge in [-0.3, -0.25) is 9.78 Å². The van der Waals surface area contributed by atoms with Gasteiger partial charge in [0.2, 0.25) is 5.91 Å². The van der Waals surface area contributed by atoms with Gasteiger partial charge in [-0.05, 0) is 51.8 Å². The molecule has 15 heteroatoms. The van der Waals surface area contributed by atoms with Crippen molar-refractivity contribution in [1.82, 2.24) is 4.98 Å². The van der Waals surface area contributed by atoms with Crippen molar-refractivity contribution in [3.05, 3.63) is 101 Å². The Bertz CT molecular complexity index is 1670. The zero-order chi connectivity index (χ0) is 31.7. The third-order valence-electron chi connectivity index (χ3n) is 6.97. The highest BCUT2D eigenvalue weighted by Gasteiger charge is 2.33. The summed E-state index contributed by atoms with van der Waals surface area (Å²) in [6.45, 7) is -0.211. The first kappa shape index (κ1) is 32.5. The summed E-state index contributed by atoms with van der Waals surface area (Å²) in [6, 6.07) is 16.0. The molecule has 6 nitrogen and oxygen atoms in total. The fraction of sp³-hybridized carbons (Fsp3) is 0.179. The van der Waals surface area contributed by atoms with E-state index in [-0.39, 0.29) is 23.2 Å². The van der Waals surface area contributed by atoms with Gasteiger partial charge in [-0.25, -0.2) is 4.79 Å². The van der Waals surface area contributed by atoms with E-state index in [9.17, 15) is 9.59 Å². The lowest BCUT2D eigenvalue weighted by atomic mass is 9.37. The van der Waals surface area contributed by atoms with Crippen molar-refractivity contribution in [1.29, 1.82) is 0 Å². The highest BCUT2D eigenvalue weighted by molar-refractivity contribution is 6.60. The minimum absolute atomic E-state index is 0.0169. The second kappa shape index (κ2) is 12.3. The summed E-state index contributed by atoms with van der Waals surface area (Å²) in [5.74, 6) is -1.41. The molecular weight excluding hydrogens is 524 g/mol. The molecule has 0 aliphatic rings. The lowest BCUT2D eigenvalue weighted by Crippen LogP contribution is -2.47. The van der Waals surface area contributed by atoms with Crippen LogP contribution >= 0.6 is 0 Å². The number of benzene rings is 3. The van der Waals surface area contributed by atoms with Crippen LogP contribution in [0.25, 0.3) is 10.8 Å². The van der Waals surface area contributed by atoms with Gasteiger partial charge in [0.15, 0.2) is 0 Å². The third-order valence-corrected chi connectivity index (χ3v) is 6.97. The molecule has 43 heavy (non-hydrogen) atoms. The smallest absolute Gasteiger partial charge is 0.338 e. The molecule has 0 spiro atoms. The molecule has 0 aliphatic heterocycles. The molecule has 0 saturated heterocycles. The average molecular weight is 542 g/mol. The maximum absolute atomic E-state index is 13.3. The van der Waals surface area contributed by atoms with E-state index in [2.05, 4.69) is 10.3 Å². The van der Waals surface area contributed by atoms with Gasteiger partial charge in [0.1, 0.15) is 15.7 Å². The van der Waals surface area contributed by atoms with E-state index < -0.39 is 33.4 Å². The Kier molecular flexibility index (Phi) is 9.27. The van der Waals surface area contributed by atoms with Gasteiger partial charge in [-0.2, -0.15) is 0 Å². The number of hydrogen-bond acceptors (Lipinski definition) is 5. The van der Waals surface area contributed by atoms with Crippen molar-refractivity contribution in [2.24, 2.45) is 5.73 Å². The molecule has 0 saturated carbocycles. The largest absolute Gasteiger partial charge is 0.465 e. The van der Waals surface area contributed by atoms with Crippen molar-refractivity contribution in [2.75, 3.05) is 11.9 Å². The minimum Gasteiger partial charge on any atom is -0.465 e. The molecule has 2 atom stereocenters. The van der Waals surface area contributed by atoms with Crippen LogP contribution in [0, 0.1) is 0 Å². The quantitative estimate of drug-likeness (QED) is 0.215. The zero-order valence-corrected chi connectivity index (χ0v) is 23.2. The Hall–Kier alpha value is -3.45. The number of ether oxygens (including phenoxy) is 1. The second-order valence-electron chi connectivity index (χ2n) is 10.3. The number of amides is 1. The number of carbonyl (C=O) groups is 2. The van der Waals surface area contributed by atoms with Crippen molar-refractivity contribution >= 4 is 105 Å². The average Bonchev–Trinajstić information content (AvgIpc) is 2.95. The Morgan fingerprint density at radius 3 is 2.12 bits per heavy atom. The predicted octanol–water partition coefficient (Wildman–Crippen LogP) is -0.754. The molecule has 1 aromatic heterocycles. The molecular formula is C28H18B9N3O3. The van der Waals surface area contributed by atoms with E-state index in [4.69, 9.17) is 81.1 Å². The summed E-state index contributed by atoms with van der Waals surface area (Å²) in [4.78, 5) is 30.4. The molecule has 3 N–H and O–H groups in total. The Labute approximate surface area is 263 Å². The number of fused-ring (bicyclic) bond motifs is 1. The zero-order valence-electron chi connectivity index (χ0n) is 23.2. The van der Waals surface area contributed by atoms with E-state index >= 15 is 0 Å². The van der Waals surface area contributed by atoms with Crippen LogP contribution in [0.5, 0.6) is 0 Å². The Morgan fingerprint density at radius 1 is 0.860 bits per heavy atom. The van der Waals surface area contributed by atoms with Crippen molar-refractivity contribution in [3.63, 3.8) is 0 Å². The maximum Gasteiger partial charge on any atom is 0.338 e. The van der Waals surface area contributed by atoms with Crippen molar-refractivity contribution < 1.29 is 14.3 Å². The summed E-state index contributed by atoms with van der Waals surface area (Å²) in [5, 5.41) is -0.947. The Balaban J connectivity index is 1.51. The molecule has 3 aromatic carbocycles. The summed E-state index contributed by atoms with van der Waals surface area (Å²) >= 11 is 0. The van der Waals surface area contributed by atoms with Gasteiger partial charge in [0.05, 0.1) is 66.5 Å². The summed E-state index contributed by atoms with van der Waals surface area (Å²) in [7, 11) is 53.3. The highest BCUT2D eigenvalue weighted by Crippen LogP contribution is 2.28. The third kappa shape index (κ3) is 7.04. The van der Waals surface area contributed by atoms with Crippen LogP contribution < -0.4 is 16.6 Å². The van der Waals surface area contributed by atoms with Gasteiger partial charge >= 0.3 is 5.97 Å². The lowest BCUT2D eigenvalue weighted by molar-refractivity contribution is -0.118. The van der Waals surface area contributed by atoms with Crippen LogP contribution in [0.3, 0.4) is 0 Å². The van der Waals surface area contributed by atoms with E-state index in [0.29, 0.717) is 22.4 Å². The SMILES string of the molecule is [B]c1nccc2cc(NC(=O)C([B])(CN)c3ccc(C([B])OC(=O)c4ccc(C([B])([B])[B])cc4C([B])([B])[B])cc3)ccc12. The second-order valence-corrected chi connectivity index (χ2v) is 10.3. The summed E-state index contributed by atoms with van der Waals surface area (Å²) in [5.41, 5.74) is 7.76. The fourth-order valence-corrected chi connectivity index (χ4v) is 4.43. The van der Waals surface area contributed by atoms with Crippen molar-refractivity contribution in [3.8, 4) is 0 Å². The van der Waals surface area contributed by atoms with E-state index in [0.717, 1.165) is 10.8 Å². The monoisotopic (exact) mass is 543 g/mol. The van der Waals surface area contributed by atoms with Gasteiger partial charge in [0.25, 0.3) is 0 Å². The number of esters is 1. The van der Waals surface area contributed by atoms with E-state index in [1.54, 1.807) is 54.7 Å². The first-order chi connectivity index (χ1) is 20.0. The lowest BCUT2D eigenvalue weighted by Gasteiger charge is -2.29. The molecule has 0 bridgehead atoms. The minimum atomic E-state index is -1.95. The number of nitrogens with one attached hydrogen (secondary N) is 1. The number of aromatic nitrogens is 1. The maximum atomic E-state index is 13.3.